The average Bonchev–Trinajstić information content (AvgIpc) is 3.67. The van der Waals surface area contributed by atoms with E-state index in [2.05, 4.69) is 36.9 Å². The van der Waals surface area contributed by atoms with E-state index in [0.29, 0.717) is 0 Å². The molecule has 0 spiro atoms. The molecule has 0 amide bonds. The number of nitrogen functional groups attached to an aromatic ring is 1. The fraction of sp³-hybridized carbons (Fsp3) is 0.550. The molecule has 51 heavy (non-hydrogen) atoms. The van der Waals surface area contributed by atoms with Crippen LogP contribution >= 0.6 is 31.3 Å². The summed E-state index contributed by atoms with van der Waals surface area (Å²) >= 11 is 0. The molecule has 2 fully saturated rings. The third-order valence-corrected chi connectivity index (χ3v) is 13.0. The van der Waals surface area contributed by atoms with E-state index in [9.17, 15) is 62.7 Å². The van der Waals surface area contributed by atoms with Gasteiger partial charge >= 0.3 is 37.0 Å². The summed E-state index contributed by atoms with van der Waals surface area (Å²) in [4.78, 5) is 76.8. The predicted molar refractivity (Wildman–Crippen MR) is 161 cm³/mol. The Morgan fingerprint density at radius 1 is 0.863 bits per heavy atom. The van der Waals surface area contributed by atoms with Crippen LogP contribution in [0.25, 0.3) is 11.2 Å². The van der Waals surface area contributed by atoms with Gasteiger partial charge in [-0.05, 0) is 6.92 Å². The molecule has 2 aliphatic heterocycles. The molecular formula is C20H29N7O20P4. The Labute approximate surface area is 282 Å². The van der Waals surface area contributed by atoms with Gasteiger partial charge in [0, 0.05) is 18.2 Å². The summed E-state index contributed by atoms with van der Waals surface area (Å²) in [5.74, 6) is -0.0142. The number of H-pyrrole nitrogens is 1. The largest absolute Gasteiger partial charge is 0.490 e. The zero-order valence-corrected chi connectivity index (χ0v) is 29.0. The van der Waals surface area contributed by atoms with Crippen molar-refractivity contribution >= 4 is 48.3 Å². The van der Waals surface area contributed by atoms with E-state index >= 15 is 0 Å². The number of nitrogens with zero attached hydrogens (tertiary/aromatic N) is 5. The maximum Gasteiger partial charge on any atom is 0.490 e. The van der Waals surface area contributed by atoms with Gasteiger partial charge in [0.1, 0.15) is 42.5 Å². The molecule has 2 aliphatic rings. The number of aromatic nitrogens is 6. The number of aryl methyl sites for hydroxylation is 1. The van der Waals surface area contributed by atoms with Gasteiger partial charge in [-0.25, -0.2) is 38.0 Å². The van der Waals surface area contributed by atoms with Gasteiger partial charge < -0.3 is 50.1 Å². The monoisotopic (exact) mass is 811 g/mol. The molecule has 7 unspecified atom stereocenters. The lowest BCUT2D eigenvalue weighted by atomic mass is 10.1. The molecule has 10 N–H and O–H groups in total. The fourth-order valence-corrected chi connectivity index (χ4v) is 9.74. The highest BCUT2D eigenvalue weighted by Gasteiger charge is 2.49. The van der Waals surface area contributed by atoms with Crippen LogP contribution in [0.1, 0.15) is 24.4 Å². The van der Waals surface area contributed by atoms with Crippen LogP contribution in [0.2, 0.25) is 0 Å². The van der Waals surface area contributed by atoms with Gasteiger partial charge in [-0.1, -0.05) is 0 Å². The van der Waals surface area contributed by atoms with Crippen LogP contribution < -0.4 is 17.0 Å². The highest BCUT2D eigenvalue weighted by atomic mass is 31.3. The number of nitrogens with one attached hydrogen (secondary N) is 1. The van der Waals surface area contributed by atoms with Gasteiger partial charge in [0.05, 0.1) is 25.6 Å². The lowest BCUT2D eigenvalue weighted by Crippen LogP contribution is -2.33. The van der Waals surface area contributed by atoms with Crippen molar-refractivity contribution < 1.29 is 84.6 Å². The number of hydrogen-bond acceptors (Lipinski definition) is 20. The number of phosphoric ester groups is 2. The standard InChI is InChI=1S/C20H29N7O20P4/c1-8-3-26(20(32)25-18(8)31)12-2-9(28)10(43-12)4-41-48(33,34)45-50(37,38)47-51(39,40)46-49(35,36)42-5-11-14(29)15(30)19(44-11)27-7-24-13-16(21)22-6-23-17(13)27/h3,6-7,9-12,14-15,19,28-30H,2,4-5H2,1H3,(H,33,34)(H,35,36)(H,37,38)(H,39,40)(H2,21,22,23)(H,25,31,32)/t9?,10-,11-,12-,14?,15?,19-/m1/s1. The van der Waals surface area contributed by atoms with E-state index in [0.717, 1.165) is 28.0 Å². The Hall–Kier alpha value is -2.61. The van der Waals surface area contributed by atoms with Crippen LogP contribution in [0, 0.1) is 6.92 Å². The van der Waals surface area contributed by atoms with E-state index in [-0.39, 0.29) is 29.0 Å². The quantitative estimate of drug-likeness (QED) is 0.0796. The van der Waals surface area contributed by atoms with Gasteiger partial charge in [0.15, 0.2) is 17.7 Å². The lowest BCUT2D eigenvalue weighted by Gasteiger charge is -2.21. The van der Waals surface area contributed by atoms with Crippen LogP contribution in [-0.2, 0) is 49.7 Å². The molecule has 27 nitrogen and oxygen atoms in total. The molecule has 5 rings (SSSR count). The van der Waals surface area contributed by atoms with E-state index in [1.165, 1.54) is 6.92 Å². The minimum atomic E-state index is -6.18. The van der Waals surface area contributed by atoms with Crippen molar-refractivity contribution in [2.45, 2.75) is 56.3 Å². The Morgan fingerprint density at radius 2 is 1.45 bits per heavy atom. The molecule has 0 aromatic carbocycles. The summed E-state index contributed by atoms with van der Waals surface area (Å²) in [6, 6.07) is 0. The zero-order valence-electron chi connectivity index (χ0n) is 25.4. The SMILES string of the molecule is Cc1cn([C@H]2CC(O)[C@@H](COP(=O)(O)OP(=O)(O)OP(=O)(O)OP(=O)(O)OC[C@H]3O[C@@H](n4cnc5c(N)ncnc54)C(O)C3O)O2)c(=O)[nH]c1=O. The molecule has 5 heterocycles. The lowest BCUT2D eigenvalue weighted by molar-refractivity contribution is -0.0503. The number of aliphatic hydroxyl groups excluding tert-OH is 3. The second kappa shape index (κ2) is 14.7. The summed E-state index contributed by atoms with van der Waals surface area (Å²) in [6.45, 7) is -0.750. The fourth-order valence-electron chi connectivity index (χ4n) is 4.79. The summed E-state index contributed by atoms with van der Waals surface area (Å²) in [5, 5.41) is 31.1. The topological polar surface area (TPSA) is 399 Å². The minimum absolute atomic E-state index is 0.0142. The molecule has 0 aliphatic carbocycles. The maximum atomic E-state index is 12.4. The molecular weight excluding hydrogens is 782 g/mol. The Kier molecular flexibility index (Phi) is 11.4. The molecule has 2 saturated heterocycles. The second-order valence-electron chi connectivity index (χ2n) is 10.8. The number of aromatic amines is 1. The van der Waals surface area contributed by atoms with Gasteiger partial charge in [0.25, 0.3) is 5.56 Å². The number of imidazole rings is 1. The first-order valence-electron chi connectivity index (χ1n) is 13.9. The van der Waals surface area contributed by atoms with Gasteiger partial charge in [-0.2, -0.15) is 12.9 Å². The summed E-state index contributed by atoms with van der Waals surface area (Å²) in [5.41, 5.74) is 4.47. The smallest absolute Gasteiger partial charge is 0.390 e. The number of hydrogen-bond donors (Lipinski definition) is 9. The van der Waals surface area contributed by atoms with Crippen molar-refractivity contribution in [1.82, 2.24) is 29.1 Å². The van der Waals surface area contributed by atoms with E-state index in [1.807, 2.05) is 4.98 Å². The zero-order chi connectivity index (χ0) is 37.7. The first kappa shape index (κ1) is 39.6. The van der Waals surface area contributed by atoms with Gasteiger partial charge in [-0.3, -0.25) is 28.0 Å². The second-order valence-corrected chi connectivity index (χ2v) is 17.0. The van der Waals surface area contributed by atoms with Crippen LogP contribution in [0.3, 0.4) is 0 Å². The molecule has 0 radical (unpaired) electrons. The number of nitrogens with two attached hydrogens (primary N) is 1. The van der Waals surface area contributed by atoms with Crippen molar-refractivity contribution in [3.63, 3.8) is 0 Å². The molecule has 284 valence electrons. The number of anilines is 1. The molecule has 3 aromatic rings. The summed E-state index contributed by atoms with van der Waals surface area (Å²) < 4.78 is 82.8. The molecule has 0 saturated carbocycles. The van der Waals surface area contributed by atoms with Crippen LogP contribution in [0.15, 0.2) is 28.4 Å². The summed E-state index contributed by atoms with van der Waals surface area (Å²) in [7, 11) is -23.8. The average molecular weight is 811 g/mol. The number of fused-ring (bicyclic) bond motifs is 1. The van der Waals surface area contributed by atoms with Gasteiger partial charge in [0.2, 0.25) is 0 Å². The van der Waals surface area contributed by atoms with Crippen LogP contribution in [0.5, 0.6) is 0 Å². The van der Waals surface area contributed by atoms with Crippen LogP contribution in [-0.4, -0.2) is 108 Å². The van der Waals surface area contributed by atoms with Gasteiger partial charge in [-0.15, -0.1) is 0 Å². The molecule has 3 aromatic heterocycles. The van der Waals surface area contributed by atoms with Crippen molar-refractivity contribution in [1.29, 1.82) is 0 Å². The first-order valence-corrected chi connectivity index (χ1v) is 19.9. The number of rotatable bonds is 14. The third-order valence-electron chi connectivity index (χ3n) is 7.08. The molecule has 31 heteroatoms. The Bertz CT molecular complexity index is 2090. The number of aliphatic hydroxyl groups is 3. The number of ether oxygens (including phenoxy) is 2. The first-order chi connectivity index (χ1) is 23.6. The molecule has 0 bridgehead atoms. The highest BCUT2D eigenvalue weighted by molar-refractivity contribution is 7.69. The normalized spacial score (nSPS) is 30.1. The third kappa shape index (κ3) is 9.31. The van der Waals surface area contributed by atoms with E-state index in [1.54, 1.807) is 0 Å². The van der Waals surface area contributed by atoms with Crippen molar-refractivity contribution in [3.05, 3.63) is 45.3 Å². The Balaban J connectivity index is 1.13. The molecule has 11 atom stereocenters. The summed E-state index contributed by atoms with van der Waals surface area (Å²) in [6.07, 6.45) is -7.49. The van der Waals surface area contributed by atoms with Crippen molar-refractivity contribution in [2.24, 2.45) is 0 Å². The minimum Gasteiger partial charge on any atom is -0.390 e. The van der Waals surface area contributed by atoms with Crippen molar-refractivity contribution in [3.8, 4) is 0 Å². The van der Waals surface area contributed by atoms with E-state index in [4.69, 9.17) is 15.2 Å². The van der Waals surface area contributed by atoms with Crippen LogP contribution in [0.4, 0.5) is 5.82 Å². The Morgan fingerprint density at radius 3 is 2.08 bits per heavy atom. The highest BCUT2D eigenvalue weighted by Crippen LogP contribution is 2.71. The van der Waals surface area contributed by atoms with Crippen molar-refractivity contribution in [2.75, 3.05) is 18.9 Å². The van der Waals surface area contributed by atoms with E-state index < -0.39 is 98.7 Å². The maximum absolute atomic E-state index is 12.4. The predicted octanol–water partition coefficient (Wildman–Crippen LogP) is -1.98. The number of phosphoric acid groups is 4.